The van der Waals surface area contributed by atoms with E-state index in [-0.39, 0.29) is 5.60 Å². The summed E-state index contributed by atoms with van der Waals surface area (Å²) < 4.78 is 5.96. The number of piperidine rings is 1. The first-order valence-electron chi connectivity index (χ1n) is 6.71. The molecular weight excluding hydrogens is 200 g/mol. The SMILES string of the molecule is CC1CCCC(C)N1CCOC1(C)CNC1. The summed E-state index contributed by atoms with van der Waals surface area (Å²) in [5, 5.41) is 3.27. The van der Waals surface area contributed by atoms with E-state index in [1.54, 1.807) is 0 Å². The van der Waals surface area contributed by atoms with Crippen molar-refractivity contribution in [3.63, 3.8) is 0 Å². The first kappa shape index (κ1) is 12.3. The van der Waals surface area contributed by atoms with Gasteiger partial charge in [0.05, 0.1) is 12.2 Å². The van der Waals surface area contributed by atoms with Gasteiger partial charge in [0, 0.05) is 31.7 Å². The van der Waals surface area contributed by atoms with Crippen LogP contribution < -0.4 is 5.32 Å². The molecule has 2 saturated heterocycles. The summed E-state index contributed by atoms with van der Waals surface area (Å²) >= 11 is 0. The quantitative estimate of drug-likeness (QED) is 0.788. The first-order valence-corrected chi connectivity index (χ1v) is 6.71. The van der Waals surface area contributed by atoms with Gasteiger partial charge in [-0.2, -0.15) is 0 Å². The maximum Gasteiger partial charge on any atom is 0.0902 e. The van der Waals surface area contributed by atoms with Crippen molar-refractivity contribution >= 4 is 0 Å². The molecule has 0 spiro atoms. The molecule has 0 radical (unpaired) electrons. The minimum atomic E-state index is 0.113. The van der Waals surface area contributed by atoms with Crippen LogP contribution in [0.15, 0.2) is 0 Å². The number of rotatable bonds is 4. The third-order valence-electron chi connectivity index (χ3n) is 4.17. The second-order valence-corrected chi connectivity index (χ2v) is 5.77. The summed E-state index contributed by atoms with van der Waals surface area (Å²) in [6.45, 7) is 10.9. The van der Waals surface area contributed by atoms with Gasteiger partial charge in [0.1, 0.15) is 0 Å². The fraction of sp³-hybridized carbons (Fsp3) is 1.00. The summed E-state index contributed by atoms with van der Waals surface area (Å²) in [7, 11) is 0. The molecular formula is C13H26N2O. The summed E-state index contributed by atoms with van der Waals surface area (Å²) in [5.41, 5.74) is 0.113. The van der Waals surface area contributed by atoms with Gasteiger partial charge in [-0.15, -0.1) is 0 Å². The standard InChI is InChI=1S/C13H26N2O/c1-11-5-4-6-12(2)15(11)7-8-16-13(3)9-14-10-13/h11-12,14H,4-10H2,1-3H3. The fourth-order valence-electron chi connectivity index (χ4n) is 2.89. The Morgan fingerprint density at radius 2 is 1.88 bits per heavy atom. The van der Waals surface area contributed by atoms with E-state index < -0.39 is 0 Å². The van der Waals surface area contributed by atoms with Crippen molar-refractivity contribution in [3.05, 3.63) is 0 Å². The predicted octanol–water partition coefficient (Wildman–Crippen LogP) is 1.63. The molecule has 0 amide bonds. The Kier molecular flexibility index (Phi) is 3.88. The predicted molar refractivity (Wildman–Crippen MR) is 66.7 cm³/mol. The highest BCUT2D eigenvalue weighted by Crippen LogP contribution is 2.22. The van der Waals surface area contributed by atoms with Crippen LogP contribution in [0.4, 0.5) is 0 Å². The van der Waals surface area contributed by atoms with Crippen molar-refractivity contribution in [3.8, 4) is 0 Å². The van der Waals surface area contributed by atoms with Crippen molar-refractivity contribution in [1.82, 2.24) is 10.2 Å². The van der Waals surface area contributed by atoms with E-state index >= 15 is 0 Å². The van der Waals surface area contributed by atoms with Gasteiger partial charge in [-0.3, -0.25) is 4.90 Å². The van der Waals surface area contributed by atoms with Gasteiger partial charge < -0.3 is 10.1 Å². The lowest BCUT2D eigenvalue weighted by atomic mass is 9.97. The molecule has 2 fully saturated rings. The van der Waals surface area contributed by atoms with Gasteiger partial charge in [0.25, 0.3) is 0 Å². The summed E-state index contributed by atoms with van der Waals surface area (Å²) in [4.78, 5) is 2.61. The van der Waals surface area contributed by atoms with Crippen LogP contribution in [0.3, 0.4) is 0 Å². The number of likely N-dealkylation sites (tertiary alicyclic amines) is 1. The van der Waals surface area contributed by atoms with E-state index in [1.807, 2.05) is 0 Å². The molecule has 1 N–H and O–H groups in total. The Balaban J connectivity index is 1.71. The average Bonchev–Trinajstić information content (AvgIpc) is 2.20. The zero-order chi connectivity index (χ0) is 11.6. The third-order valence-corrected chi connectivity index (χ3v) is 4.17. The van der Waals surface area contributed by atoms with Crippen molar-refractivity contribution < 1.29 is 4.74 Å². The lowest BCUT2D eigenvalue weighted by Crippen LogP contribution is -2.59. The Labute approximate surface area is 99.5 Å². The van der Waals surface area contributed by atoms with Crippen molar-refractivity contribution in [2.24, 2.45) is 0 Å². The molecule has 3 heteroatoms. The van der Waals surface area contributed by atoms with Crippen LogP contribution in [0.5, 0.6) is 0 Å². The molecule has 2 atom stereocenters. The fourth-order valence-corrected chi connectivity index (χ4v) is 2.89. The van der Waals surface area contributed by atoms with Crippen LogP contribution >= 0.6 is 0 Å². The van der Waals surface area contributed by atoms with Gasteiger partial charge >= 0.3 is 0 Å². The van der Waals surface area contributed by atoms with Gasteiger partial charge in [0.15, 0.2) is 0 Å². The van der Waals surface area contributed by atoms with Gasteiger partial charge in [-0.05, 0) is 33.6 Å². The molecule has 2 unspecified atom stereocenters. The lowest BCUT2D eigenvalue weighted by Gasteiger charge is -2.42. The second-order valence-electron chi connectivity index (χ2n) is 5.77. The van der Waals surface area contributed by atoms with Gasteiger partial charge in [-0.1, -0.05) is 6.42 Å². The lowest BCUT2D eigenvalue weighted by molar-refractivity contribution is -0.0788. The average molecular weight is 226 g/mol. The maximum absolute atomic E-state index is 5.96. The van der Waals surface area contributed by atoms with Gasteiger partial charge in [0.2, 0.25) is 0 Å². The molecule has 94 valence electrons. The normalized spacial score (nSPS) is 34.7. The van der Waals surface area contributed by atoms with Gasteiger partial charge in [-0.25, -0.2) is 0 Å². The molecule has 2 heterocycles. The molecule has 2 rings (SSSR count). The summed E-state index contributed by atoms with van der Waals surface area (Å²) in [6, 6.07) is 1.47. The summed E-state index contributed by atoms with van der Waals surface area (Å²) in [5.74, 6) is 0. The maximum atomic E-state index is 5.96. The molecule has 16 heavy (non-hydrogen) atoms. The molecule has 0 aromatic heterocycles. The number of nitrogens with one attached hydrogen (secondary N) is 1. The Hall–Kier alpha value is -0.120. The number of hydrogen-bond acceptors (Lipinski definition) is 3. The highest BCUT2D eigenvalue weighted by Gasteiger charge is 2.33. The van der Waals surface area contributed by atoms with E-state index in [1.165, 1.54) is 19.3 Å². The van der Waals surface area contributed by atoms with E-state index in [0.29, 0.717) is 0 Å². The Morgan fingerprint density at radius 1 is 1.25 bits per heavy atom. The van der Waals surface area contributed by atoms with E-state index in [9.17, 15) is 0 Å². The Morgan fingerprint density at radius 3 is 2.38 bits per heavy atom. The minimum absolute atomic E-state index is 0.113. The van der Waals surface area contributed by atoms with Crippen molar-refractivity contribution in [2.45, 2.75) is 57.7 Å². The van der Waals surface area contributed by atoms with Crippen LogP contribution in [-0.4, -0.2) is 48.8 Å². The zero-order valence-corrected chi connectivity index (χ0v) is 11.0. The summed E-state index contributed by atoms with van der Waals surface area (Å²) in [6.07, 6.45) is 4.09. The minimum Gasteiger partial charge on any atom is -0.371 e. The molecule has 0 aliphatic carbocycles. The molecule has 3 nitrogen and oxygen atoms in total. The number of ether oxygens (including phenoxy) is 1. The second kappa shape index (κ2) is 5.03. The Bertz CT molecular complexity index is 218. The van der Waals surface area contributed by atoms with Crippen molar-refractivity contribution in [1.29, 1.82) is 0 Å². The van der Waals surface area contributed by atoms with Crippen molar-refractivity contribution in [2.75, 3.05) is 26.2 Å². The highest BCUT2D eigenvalue weighted by atomic mass is 16.5. The van der Waals surface area contributed by atoms with Crippen LogP contribution in [0.2, 0.25) is 0 Å². The van der Waals surface area contributed by atoms with Crippen LogP contribution in [0, 0.1) is 0 Å². The third kappa shape index (κ3) is 2.76. The monoisotopic (exact) mass is 226 g/mol. The molecule has 2 aliphatic heterocycles. The number of hydrogen-bond donors (Lipinski definition) is 1. The van der Waals surface area contributed by atoms with Crippen LogP contribution in [0.1, 0.15) is 40.0 Å². The smallest absolute Gasteiger partial charge is 0.0902 e. The molecule has 0 saturated carbocycles. The van der Waals surface area contributed by atoms with Crippen LogP contribution in [0.25, 0.3) is 0 Å². The zero-order valence-electron chi connectivity index (χ0n) is 11.0. The van der Waals surface area contributed by atoms with Crippen LogP contribution in [-0.2, 0) is 4.74 Å². The largest absolute Gasteiger partial charge is 0.371 e. The molecule has 0 aromatic rings. The van der Waals surface area contributed by atoms with E-state index in [2.05, 4.69) is 31.0 Å². The molecule has 0 aromatic carbocycles. The molecule has 2 aliphatic rings. The highest BCUT2D eigenvalue weighted by molar-refractivity contribution is 4.90. The van der Waals surface area contributed by atoms with E-state index in [4.69, 9.17) is 4.74 Å². The molecule has 0 bridgehead atoms. The topological polar surface area (TPSA) is 24.5 Å². The van der Waals surface area contributed by atoms with E-state index in [0.717, 1.165) is 38.3 Å². The number of nitrogens with zero attached hydrogens (tertiary/aromatic N) is 1. The first-order chi connectivity index (χ1) is 7.61.